The summed E-state index contributed by atoms with van der Waals surface area (Å²) in [6.45, 7) is 13.8. The second kappa shape index (κ2) is 11.3. The molecule has 2 N–H and O–H groups in total. The maximum absolute atomic E-state index is 13.4. The molecule has 4 aliphatic heterocycles. The van der Waals surface area contributed by atoms with Crippen LogP contribution in [0.25, 0.3) is 5.65 Å². The molecule has 0 aromatic carbocycles. The van der Waals surface area contributed by atoms with Crippen molar-refractivity contribution in [1.82, 2.24) is 29.4 Å². The lowest BCUT2D eigenvalue weighted by Crippen LogP contribution is -2.65. The number of rotatable bonds is 6. The number of likely N-dealkylation sites (tertiary alicyclic amines) is 1. The van der Waals surface area contributed by atoms with E-state index in [4.69, 9.17) is 24.2 Å². The Morgan fingerprint density at radius 1 is 1.00 bits per heavy atom. The lowest BCUT2D eigenvalue weighted by molar-refractivity contribution is -0.103. The van der Waals surface area contributed by atoms with Gasteiger partial charge in [0.15, 0.2) is 5.65 Å². The second-order valence-corrected chi connectivity index (χ2v) is 14.2. The first kappa shape index (κ1) is 29.7. The molecule has 43 heavy (non-hydrogen) atoms. The van der Waals surface area contributed by atoms with Crippen molar-refractivity contribution in [3.05, 3.63) is 11.8 Å². The van der Waals surface area contributed by atoms with Gasteiger partial charge in [0.1, 0.15) is 11.2 Å². The molecule has 4 aliphatic rings. The first-order valence-electron chi connectivity index (χ1n) is 15.7. The van der Waals surface area contributed by atoms with E-state index in [9.17, 15) is 9.59 Å². The van der Waals surface area contributed by atoms with Gasteiger partial charge in [-0.05, 0) is 72.1 Å². The Balaban J connectivity index is 1.11. The molecule has 2 aromatic rings. The van der Waals surface area contributed by atoms with Gasteiger partial charge in [-0.2, -0.15) is 19.6 Å². The van der Waals surface area contributed by atoms with Crippen LogP contribution >= 0.6 is 0 Å². The molecule has 13 heteroatoms. The Labute approximate surface area is 253 Å². The second-order valence-electron chi connectivity index (χ2n) is 14.2. The van der Waals surface area contributed by atoms with Gasteiger partial charge in [0, 0.05) is 42.9 Å². The molecular weight excluding hydrogens is 552 g/mol. The molecule has 0 radical (unpaired) electrons. The largest absolute Gasteiger partial charge is 0.444 e. The van der Waals surface area contributed by atoms with Crippen molar-refractivity contribution in [3.8, 4) is 0 Å². The number of amides is 2. The number of nitrogens with zero attached hydrogens (tertiary/aromatic N) is 6. The zero-order valence-electron chi connectivity index (χ0n) is 26.3. The lowest BCUT2D eigenvalue weighted by atomic mass is 9.96. The normalized spacial score (nSPS) is 25.5. The summed E-state index contributed by atoms with van der Waals surface area (Å²) in [4.78, 5) is 39.0. The maximum atomic E-state index is 13.4. The third-order valence-electron chi connectivity index (χ3n) is 8.89. The highest BCUT2D eigenvalue weighted by Gasteiger charge is 2.50. The Bertz CT molecular complexity index is 1330. The molecule has 2 bridgehead atoms. The summed E-state index contributed by atoms with van der Waals surface area (Å²) in [5.74, 6) is 1.54. The number of hydrogen-bond acceptors (Lipinski definition) is 10. The fourth-order valence-electron chi connectivity index (χ4n) is 6.80. The van der Waals surface area contributed by atoms with Crippen molar-refractivity contribution in [2.45, 2.75) is 121 Å². The van der Waals surface area contributed by atoms with Crippen LogP contribution in [0.1, 0.15) is 91.5 Å². The molecule has 4 saturated heterocycles. The number of carbonyl (C=O) groups is 2. The third-order valence-corrected chi connectivity index (χ3v) is 8.89. The average Bonchev–Trinajstić information content (AvgIpc) is 3.45. The van der Waals surface area contributed by atoms with Crippen molar-refractivity contribution in [3.63, 3.8) is 0 Å². The predicted octanol–water partition coefficient (Wildman–Crippen LogP) is 4.39. The van der Waals surface area contributed by atoms with Gasteiger partial charge >= 0.3 is 12.2 Å². The van der Waals surface area contributed by atoms with Crippen LogP contribution in [0, 0.1) is 0 Å². The van der Waals surface area contributed by atoms with Crippen LogP contribution in [0.2, 0.25) is 0 Å². The summed E-state index contributed by atoms with van der Waals surface area (Å²) in [6, 6.07) is 0.559. The zero-order chi connectivity index (χ0) is 30.5. The van der Waals surface area contributed by atoms with Crippen LogP contribution < -0.4 is 10.6 Å². The smallest absolute Gasteiger partial charge is 0.410 e. The minimum atomic E-state index is -0.711. The van der Waals surface area contributed by atoms with Crippen LogP contribution in [0.5, 0.6) is 0 Å². The summed E-state index contributed by atoms with van der Waals surface area (Å²) in [5.41, 5.74) is 0.608. The van der Waals surface area contributed by atoms with E-state index >= 15 is 0 Å². The van der Waals surface area contributed by atoms with Gasteiger partial charge in [0.05, 0.1) is 19.3 Å². The lowest BCUT2D eigenvalue weighted by Gasteiger charge is -2.48. The number of fused-ring (bicyclic) bond motifs is 3. The van der Waals surface area contributed by atoms with Crippen molar-refractivity contribution in [1.29, 1.82) is 0 Å². The SMILES string of the molecule is CC(C)c1cnn2c(NC3CC4CCC(C3)N4C(=O)OC3(C)CN(C(=O)OC(C)(C)C)C3)nc(NC3CCOCC3)nc12. The Morgan fingerprint density at radius 2 is 1.67 bits per heavy atom. The van der Waals surface area contributed by atoms with Crippen molar-refractivity contribution in [2.75, 3.05) is 36.9 Å². The van der Waals surface area contributed by atoms with E-state index in [1.54, 1.807) is 9.42 Å². The zero-order valence-corrected chi connectivity index (χ0v) is 26.3. The van der Waals surface area contributed by atoms with E-state index in [2.05, 4.69) is 29.6 Å². The Morgan fingerprint density at radius 3 is 2.30 bits per heavy atom. The van der Waals surface area contributed by atoms with Gasteiger partial charge in [-0.1, -0.05) is 13.8 Å². The van der Waals surface area contributed by atoms with E-state index in [-0.39, 0.29) is 42.3 Å². The van der Waals surface area contributed by atoms with Crippen LogP contribution in [0.3, 0.4) is 0 Å². The Hall–Kier alpha value is -3.35. The Kier molecular flexibility index (Phi) is 7.80. The van der Waals surface area contributed by atoms with Crippen LogP contribution in [-0.2, 0) is 14.2 Å². The van der Waals surface area contributed by atoms with Gasteiger partial charge in [-0.3, -0.25) is 0 Å². The molecule has 0 aliphatic carbocycles. The van der Waals surface area contributed by atoms with Gasteiger partial charge in [0.2, 0.25) is 11.9 Å². The first-order valence-corrected chi connectivity index (χ1v) is 15.7. The fraction of sp³-hybridized carbons (Fsp3) is 0.767. The molecule has 0 saturated carbocycles. The maximum Gasteiger partial charge on any atom is 0.410 e. The fourth-order valence-corrected chi connectivity index (χ4v) is 6.80. The third kappa shape index (κ3) is 6.32. The molecule has 2 aromatic heterocycles. The highest BCUT2D eigenvalue weighted by atomic mass is 16.6. The molecule has 6 heterocycles. The summed E-state index contributed by atoms with van der Waals surface area (Å²) >= 11 is 0. The molecular formula is C30H46N8O5. The monoisotopic (exact) mass is 598 g/mol. The van der Waals surface area contributed by atoms with Gasteiger partial charge in [-0.15, -0.1) is 0 Å². The van der Waals surface area contributed by atoms with E-state index in [0.717, 1.165) is 62.9 Å². The van der Waals surface area contributed by atoms with Gasteiger partial charge < -0.3 is 34.6 Å². The van der Waals surface area contributed by atoms with Crippen molar-refractivity contribution in [2.24, 2.45) is 0 Å². The molecule has 13 nitrogen and oxygen atoms in total. The average molecular weight is 599 g/mol. The molecule has 6 rings (SSSR count). The first-order chi connectivity index (χ1) is 20.4. The van der Waals surface area contributed by atoms with E-state index in [0.29, 0.717) is 25.0 Å². The van der Waals surface area contributed by atoms with E-state index in [1.807, 2.05) is 38.8 Å². The number of ether oxygens (including phenoxy) is 3. The predicted molar refractivity (Wildman–Crippen MR) is 160 cm³/mol. The molecule has 0 spiro atoms. The minimum Gasteiger partial charge on any atom is -0.444 e. The molecule has 236 valence electrons. The van der Waals surface area contributed by atoms with Crippen LogP contribution in [0.4, 0.5) is 21.5 Å². The molecule has 2 atom stereocenters. The topological polar surface area (TPSA) is 135 Å². The highest BCUT2D eigenvalue weighted by molar-refractivity contribution is 5.72. The highest BCUT2D eigenvalue weighted by Crippen LogP contribution is 2.39. The summed E-state index contributed by atoms with van der Waals surface area (Å²) < 4.78 is 18.8. The number of hydrogen-bond donors (Lipinski definition) is 2. The molecule has 2 unspecified atom stereocenters. The van der Waals surface area contributed by atoms with Crippen molar-refractivity contribution >= 4 is 29.7 Å². The van der Waals surface area contributed by atoms with Crippen LogP contribution in [-0.4, -0.2) is 103 Å². The molecule has 4 fully saturated rings. The van der Waals surface area contributed by atoms with Gasteiger partial charge in [-0.25, -0.2) is 9.59 Å². The van der Waals surface area contributed by atoms with E-state index in [1.165, 1.54) is 0 Å². The minimum absolute atomic E-state index is 0.0791. The molecule has 2 amide bonds. The summed E-state index contributed by atoms with van der Waals surface area (Å²) in [5, 5.41) is 11.8. The summed E-state index contributed by atoms with van der Waals surface area (Å²) in [7, 11) is 0. The number of nitrogens with one attached hydrogen (secondary N) is 2. The van der Waals surface area contributed by atoms with Crippen LogP contribution in [0.15, 0.2) is 6.20 Å². The standard InChI is InChI=1S/C30H46N8O5/c1-18(2)23-15-31-38-24(23)34-25(32-19-9-11-41-12-10-19)35-26(38)33-20-13-21-7-8-22(14-20)37(21)28(40)43-30(6)16-36(17-30)27(39)42-29(3,4)5/h15,18-22H,7-14,16-17H2,1-6H3,(H2,32,33,34,35). The van der Waals surface area contributed by atoms with E-state index < -0.39 is 11.2 Å². The van der Waals surface area contributed by atoms with Gasteiger partial charge in [0.25, 0.3) is 0 Å². The summed E-state index contributed by atoms with van der Waals surface area (Å²) in [6.07, 6.45) is 6.51. The number of anilines is 2. The number of piperidine rings is 1. The number of carbonyl (C=O) groups excluding carboxylic acids is 2. The van der Waals surface area contributed by atoms with Crippen molar-refractivity contribution < 1.29 is 23.8 Å². The number of aromatic nitrogens is 4. The quantitative estimate of drug-likeness (QED) is 0.493.